The lowest BCUT2D eigenvalue weighted by Crippen LogP contribution is -2.40. The van der Waals surface area contributed by atoms with Gasteiger partial charge in [-0.3, -0.25) is 14.6 Å². The zero-order valence-electron chi connectivity index (χ0n) is 20.9. The van der Waals surface area contributed by atoms with Crippen molar-refractivity contribution >= 4 is 11.8 Å². The van der Waals surface area contributed by atoms with E-state index >= 15 is 0 Å². The molecule has 0 saturated carbocycles. The molecule has 4 aromatic rings. The van der Waals surface area contributed by atoms with Gasteiger partial charge in [-0.1, -0.05) is 35.9 Å². The third kappa shape index (κ3) is 5.40. The molecule has 0 aliphatic carbocycles. The van der Waals surface area contributed by atoms with Gasteiger partial charge in [0.2, 0.25) is 0 Å². The van der Waals surface area contributed by atoms with Gasteiger partial charge in [0.1, 0.15) is 5.75 Å². The van der Waals surface area contributed by atoms with E-state index in [2.05, 4.69) is 16.4 Å². The van der Waals surface area contributed by atoms with Gasteiger partial charge in [0, 0.05) is 25.5 Å². The molecule has 0 spiro atoms. The van der Waals surface area contributed by atoms with Gasteiger partial charge in [0.25, 0.3) is 11.8 Å². The quantitative estimate of drug-likeness (QED) is 0.396. The Morgan fingerprint density at radius 2 is 1.95 bits per heavy atom. The lowest BCUT2D eigenvalue weighted by Gasteiger charge is -2.37. The van der Waals surface area contributed by atoms with Crippen LogP contribution >= 0.6 is 0 Å². The van der Waals surface area contributed by atoms with Crippen LogP contribution < -0.4 is 10.1 Å². The SMILES string of the molecule is Cc1cccc(C2c3cc(OC(C)C(=O)NCc4ccncc4)ccc3CCN2C(=O)c2ccco2)c1. The van der Waals surface area contributed by atoms with Crippen LogP contribution in [0.5, 0.6) is 5.75 Å². The highest BCUT2D eigenvalue weighted by Crippen LogP contribution is 2.38. The molecular formula is C30H29N3O4. The van der Waals surface area contributed by atoms with E-state index in [-0.39, 0.29) is 17.9 Å². The van der Waals surface area contributed by atoms with Crippen LogP contribution in [0, 0.1) is 6.92 Å². The van der Waals surface area contributed by atoms with E-state index in [4.69, 9.17) is 9.15 Å². The summed E-state index contributed by atoms with van der Waals surface area (Å²) in [4.78, 5) is 32.0. The minimum Gasteiger partial charge on any atom is -0.481 e. The molecule has 37 heavy (non-hydrogen) atoms. The normalized spacial score (nSPS) is 15.5. The molecule has 7 nitrogen and oxygen atoms in total. The average Bonchev–Trinajstić information content (AvgIpc) is 3.46. The van der Waals surface area contributed by atoms with Crippen LogP contribution in [-0.2, 0) is 17.8 Å². The number of furan rings is 1. The molecular weight excluding hydrogens is 466 g/mol. The molecule has 1 aliphatic heterocycles. The number of pyridine rings is 1. The van der Waals surface area contributed by atoms with Gasteiger partial charge in [0.05, 0.1) is 12.3 Å². The number of ether oxygens (including phenoxy) is 1. The van der Waals surface area contributed by atoms with E-state index in [1.54, 1.807) is 31.5 Å². The van der Waals surface area contributed by atoms with E-state index in [1.807, 2.05) is 60.4 Å². The summed E-state index contributed by atoms with van der Waals surface area (Å²) < 4.78 is 11.5. The molecule has 3 heterocycles. The summed E-state index contributed by atoms with van der Waals surface area (Å²) in [6.45, 7) is 4.74. The van der Waals surface area contributed by atoms with Crippen LogP contribution in [0.1, 0.15) is 51.3 Å². The Labute approximate surface area is 216 Å². The standard InChI is InChI=1S/C30H29N3O4/c1-20-5-3-6-24(17-20)28-26-18-25(37-21(2)29(34)32-19-22-10-13-31-14-11-22)9-8-23(26)12-15-33(28)30(35)27-7-4-16-36-27/h3-11,13-14,16-18,21,28H,12,15,19H2,1-2H3,(H,32,34). The number of nitrogens with zero attached hydrogens (tertiary/aromatic N) is 2. The third-order valence-corrected chi connectivity index (χ3v) is 6.59. The number of hydrogen-bond acceptors (Lipinski definition) is 5. The molecule has 0 saturated heterocycles. The van der Waals surface area contributed by atoms with Crippen molar-refractivity contribution in [2.24, 2.45) is 0 Å². The number of hydrogen-bond donors (Lipinski definition) is 1. The van der Waals surface area contributed by atoms with E-state index < -0.39 is 6.10 Å². The average molecular weight is 496 g/mol. The van der Waals surface area contributed by atoms with Crippen LogP contribution in [0.25, 0.3) is 0 Å². The van der Waals surface area contributed by atoms with E-state index in [0.29, 0.717) is 31.0 Å². The van der Waals surface area contributed by atoms with Crippen LogP contribution in [0.15, 0.2) is 89.8 Å². The summed E-state index contributed by atoms with van der Waals surface area (Å²) >= 11 is 0. The van der Waals surface area contributed by atoms with Crippen LogP contribution in [0.3, 0.4) is 0 Å². The molecule has 5 rings (SSSR count). The smallest absolute Gasteiger partial charge is 0.290 e. The largest absolute Gasteiger partial charge is 0.481 e. The Kier molecular flexibility index (Phi) is 7.03. The number of fused-ring (bicyclic) bond motifs is 1. The Morgan fingerprint density at radius 1 is 1.11 bits per heavy atom. The second-order valence-electron chi connectivity index (χ2n) is 9.24. The number of rotatable bonds is 7. The van der Waals surface area contributed by atoms with Gasteiger partial charge in [0.15, 0.2) is 11.9 Å². The molecule has 0 radical (unpaired) electrons. The molecule has 1 N–H and O–H groups in total. The summed E-state index contributed by atoms with van der Waals surface area (Å²) in [5, 5.41) is 2.90. The highest BCUT2D eigenvalue weighted by atomic mass is 16.5. The van der Waals surface area contributed by atoms with Crippen molar-refractivity contribution in [1.29, 1.82) is 0 Å². The number of aromatic nitrogens is 1. The minimum absolute atomic E-state index is 0.155. The predicted molar refractivity (Wildman–Crippen MR) is 139 cm³/mol. The van der Waals surface area contributed by atoms with Crippen molar-refractivity contribution in [2.75, 3.05) is 6.54 Å². The monoisotopic (exact) mass is 495 g/mol. The Bertz CT molecular complexity index is 1390. The van der Waals surface area contributed by atoms with Crippen molar-refractivity contribution < 1.29 is 18.7 Å². The van der Waals surface area contributed by atoms with Crippen molar-refractivity contribution in [3.63, 3.8) is 0 Å². The summed E-state index contributed by atoms with van der Waals surface area (Å²) in [7, 11) is 0. The van der Waals surface area contributed by atoms with Crippen LogP contribution in [-0.4, -0.2) is 34.3 Å². The number of carbonyl (C=O) groups is 2. The zero-order valence-corrected chi connectivity index (χ0v) is 20.9. The Balaban J connectivity index is 1.40. The molecule has 0 fully saturated rings. The molecule has 2 aromatic heterocycles. The van der Waals surface area contributed by atoms with Crippen molar-refractivity contribution in [1.82, 2.24) is 15.2 Å². The third-order valence-electron chi connectivity index (χ3n) is 6.59. The molecule has 2 unspecified atom stereocenters. The first kappa shape index (κ1) is 24.3. The topological polar surface area (TPSA) is 84.7 Å². The number of nitrogens with one attached hydrogen (secondary N) is 1. The fraction of sp³-hybridized carbons (Fsp3) is 0.233. The number of aryl methyl sites for hydroxylation is 1. The fourth-order valence-electron chi connectivity index (χ4n) is 4.72. The van der Waals surface area contributed by atoms with E-state index in [9.17, 15) is 9.59 Å². The van der Waals surface area contributed by atoms with E-state index in [0.717, 1.165) is 27.8 Å². The first-order valence-electron chi connectivity index (χ1n) is 12.4. The number of benzene rings is 2. The molecule has 7 heteroatoms. The molecule has 0 bridgehead atoms. The summed E-state index contributed by atoms with van der Waals surface area (Å²) in [5.41, 5.74) is 5.23. The van der Waals surface area contributed by atoms with Gasteiger partial charge >= 0.3 is 0 Å². The fourth-order valence-corrected chi connectivity index (χ4v) is 4.72. The Morgan fingerprint density at radius 3 is 2.70 bits per heavy atom. The van der Waals surface area contributed by atoms with Gasteiger partial charge in [-0.15, -0.1) is 0 Å². The maximum Gasteiger partial charge on any atom is 0.290 e. The first-order valence-corrected chi connectivity index (χ1v) is 12.4. The first-order chi connectivity index (χ1) is 18.0. The highest BCUT2D eigenvalue weighted by Gasteiger charge is 2.34. The Hall–Kier alpha value is -4.39. The molecule has 2 atom stereocenters. The molecule has 2 amide bonds. The predicted octanol–water partition coefficient (Wildman–Crippen LogP) is 4.85. The van der Waals surface area contributed by atoms with Gasteiger partial charge in [-0.2, -0.15) is 0 Å². The lowest BCUT2D eigenvalue weighted by molar-refractivity contribution is -0.127. The molecule has 188 valence electrons. The van der Waals surface area contributed by atoms with Gasteiger partial charge < -0.3 is 19.4 Å². The highest BCUT2D eigenvalue weighted by molar-refractivity contribution is 5.92. The molecule has 2 aromatic carbocycles. The minimum atomic E-state index is -0.693. The number of carbonyl (C=O) groups excluding carboxylic acids is 2. The molecule has 1 aliphatic rings. The van der Waals surface area contributed by atoms with Crippen molar-refractivity contribution in [2.45, 2.75) is 39.0 Å². The van der Waals surface area contributed by atoms with Crippen molar-refractivity contribution in [3.05, 3.63) is 119 Å². The lowest BCUT2D eigenvalue weighted by atomic mass is 9.87. The maximum absolute atomic E-state index is 13.4. The van der Waals surface area contributed by atoms with Crippen LogP contribution in [0.4, 0.5) is 0 Å². The summed E-state index contributed by atoms with van der Waals surface area (Å²) in [5.74, 6) is 0.528. The van der Waals surface area contributed by atoms with Gasteiger partial charge in [-0.25, -0.2) is 0 Å². The summed E-state index contributed by atoms with van der Waals surface area (Å²) in [6, 6.07) is 20.9. The van der Waals surface area contributed by atoms with Crippen molar-refractivity contribution in [3.8, 4) is 5.75 Å². The van der Waals surface area contributed by atoms with Gasteiger partial charge in [-0.05, 0) is 78.9 Å². The van der Waals surface area contributed by atoms with E-state index in [1.165, 1.54) is 6.26 Å². The number of amides is 2. The van der Waals surface area contributed by atoms with Crippen LogP contribution in [0.2, 0.25) is 0 Å². The second-order valence-corrected chi connectivity index (χ2v) is 9.24. The second kappa shape index (κ2) is 10.7. The zero-order chi connectivity index (χ0) is 25.8. The maximum atomic E-state index is 13.4. The summed E-state index contributed by atoms with van der Waals surface area (Å²) in [6.07, 6.45) is 4.92.